The van der Waals surface area contributed by atoms with E-state index in [0.717, 1.165) is 5.82 Å². The number of nitro benzene ring substituents is 1. The Balaban J connectivity index is 1.90. The zero-order valence-corrected chi connectivity index (χ0v) is 11.7. The summed E-state index contributed by atoms with van der Waals surface area (Å²) in [5, 5.41) is 10.8. The summed E-state index contributed by atoms with van der Waals surface area (Å²) >= 11 is 5.99. The summed E-state index contributed by atoms with van der Waals surface area (Å²) < 4.78 is 1.97. The van der Waals surface area contributed by atoms with Gasteiger partial charge in [-0.1, -0.05) is 17.7 Å². The van der Waals surface area contributed by atoms with Gasteiger partial charge in [-0.25, -0.2) is 4.98 Å². The Bertz CT molecular complexity index is 728. The minimum absolute atomic E-state index is 0.124. The largest absolute Gasteiger partial charge is 0.332 e. The van der Waals surface area contributed by atoms with Gasteiger partial charge in [0.25, 0.3) is 11.6 Å². The molecule has 1 aliphatic rings. The van der Waals surface area contributed by atoms with Crippen molar-refractivity contribution < 1.29 is 9.72 Å². The predicted octanol–water partition coefficient (Wildman–Crippen LogP) is 2.10. The molecule has 8 heteroatoms. The highest BCUT2D eigenvalue weighted by Gasteiger charge is 2.26. The average Bonchev–Trinajstić information content (AvgIpc) is 2.93. The first-order chi connectivity index (χ1) is 10.1. The molecule has 1 aromatic carbocycles. The monoisotopic (exact) mass is 306 g/mol. The number of fused-ring (bicyclic) bond motifs is 1. The number of aromatic nitrogens is 2. The van der Waals surface area contributed by atoms with Crippen LogP contribution in [0, 0.1) is 10.1 Å². The highest BCUT2D eigenvalue weighted by Crippen LogP contribution is 2.29. The van der Waals surface area contributed by atoms with Crippen LogP contribution in [-0.4, -0.2) is 31.8 Å². The highest BCUT2D eigenvalue weighted by atomic mass is 35.5. The van der Waals surface area contributed by atoms with Crippen molar-refractivity contribution in [3.63, 3.8) is 0 Å². The Morgan fingerprint density at radius 2 is 2.19 bits per heavy atom. The Morgan fingerprint density at radius 3 is 2.95 bits per heavy atom. The molecule has 0 aliphatic carbocycles. The van der Waals surface area contributed by atoms with E-state index in [2.05, 4.69) is 4.98 Å². The third-order valence-corrected chi connectivity index (χ3v) is 3.83. The van der Waals surface area contributed by atoms with Crippen molar-refractivity contribution in [1.29, 1.82) is 0 Å². The van der Waals surface area contributed by atoms with Gasteiger partial charge in [0.1, 0.15) is 10.8 Å². The van der Waals surface area contributed by atoms with E-state index in [4.69, 9.17) is 11.6 Å². The minimum Gasteiger partial charge on any atom is -0.332 e. The number of rotatable bonds is 2. The molecular formula is C13H11ClN4O3. The molecule has 2 heterocycles. The Morgan fingerprint density at radius 1 is 1.38 bits per heavy atom. The van der Waals surface area contributed by atoms with Crippen LogP contribution in [0.3, 0.4) is 0 Å². The van der Waals surface area contributed by atoms with Crippen LogP contribution in [0.2, 0.25) is 5.02 Å². The maximum atomic E-state index is 12.5. The van der Waals surface area contributed by atoms with Crippen LogP contribution in [0.15, 0.2) is 30.6 Å². The number of amides is 1. The molecule has 0 bridgehead atoms. The van der Waals surface area contributed by atoms with E-state index in [1.807, 2.05) is 10.8 Å². The van der Waals surface area contributed by atoms with E-state index >= 15 is 0 Å². The Hall–Kier alpha value is -2.41. The fourth-order valence-electron chi connectivity index (χ4n) is 2.34. The molecule has 21 heavy (non-hydrogen) atoms. The van der Waals surface area contributed by atoms with Gasteiger partial charge in [-0.15, -0.1) is 0 Å². The first-order valence-corrected chi connectivity index (χ1v) is 6.68. The van der Waals surface area contributed by atoms with Crippen LogP contribution in [0.4, 0.5) is 5.69 Å². The minimum atomic E-state index is -0.595. The molecule has 1 aromatic heterocycles. The van der Waals surface area contributed by atoms with Gasteiger partial charge in [0, 0.05) is 31.5 Å². The first-order valence-electron chi connectivity index (χ1n) is 6.30. The van der Waals surface area contributed by atoms with Gasteiger partial charge in [0.05, 0.1) is 17.0 Å². The molecule has 1 aliphatic heterocycles. The van der Waals surface area contributed by atoms with Gasteiger partial charge < -0.3 is 9.47 Å². The standard InChI is InChI=1S/C13H11ClN4O3/c14-12-9(2-1-3-10(12)18(20)21)13(19)17-7-6-16-5-4-15-11(16)8-17/h1-5H,6-8H2. The van der Waals surface area contributed by atoms with E-state index < -0.39 is 4.92 Å². The topological polar surface area (TPSA) is 81.3 Å². The fraction of sp³-hybridized carbons (Fsp3) is 0.231. The molecule has 108 valence electrons. The smallest absolute Gasteiger partial charge is 0.288 e. The van der Waals surface area contributed by atoms with E-state index in [-0.39, 0.29) is 22.2 Å². The quantitative estimate of drug-likeness (QED) is 0.628. The summed E-state index contributed by atoms with van der Waals surface area (Å²) in [4.78, 5) is 28.6. The number of carbonyl (C=O) groups is 1. The SMILES string of the molecule is O=C(c1cccc([N+](=O)[O-])c1Cl)N1CCn2ccnc2C1. The van der Waals surface area contributed by atoms with Crippen LogP contribution in [0.1, 0.15) is 16.2 Å². The van der Waals surface area contributed by atoms with Crippen molar-refractivity contribution in [2.75, 3.05) is 6.54 Å². The van der Waals surface area contributed by atoms with E-state index in [9.17, 15) is 14.9 Å². The number of hydrogen-bond acceptors (Lipinski definition) is 4. The summed E-state index contributed by atoms with van der Waals surface area (Å²) in [7, 11) is 0. The lowest BCUT2D eigenvalue weighted by molar-refractivity contribution is -0.384. The number of imidazole rings is 1. The molecular weight excluding hydrogens is 296 g/mol. The van der Waals surface area contributed by atoms with Crippen molar-refractivity contribution in [1.82, 2.24) is 14.5 Å². The number of nitro groups is 1. The third kappa shape index (κ3) is 2.36. The van der Waals surface area contributed by atoms with E-state index in [0.29, 0.717) is 19.6 Å². The molecule has 0 N–H and O–H groups in total. The second kappa shape index (κ2) is 5.17. The van der Waals surface area contributed by atoms with Crippen LogP contribution in [0.5, 0.6) is 0 Å². The average molecular weight is 307 g/mol. The lowest BCUT2D eigenvalue weighted by Gasteiger charge is -2.27. The normalized spacial score (nSPS) is 13.9. The number of nitrogens with zero attached hydrogens (tertiary/aromatic N) is 4. The lowest BCUT2D eigenvalue weighted by atomic mass is 10.1. The van der Waals surface area contributed by atoms with Crippen molar-refractivity contribution in [2.24, 2.45) is 0 Å². The van der Waals surface area contributed by atoms with Crippen molar-refractivity contribution in [3.05, 3.63) is 57.1 Å². The number of benzene rings is 1. The Labute approximate surface area is 124 Å². The molecule has 0 atom stereocenters. The molecule has 1 amide bonds. The molecule has 0 saturated heterocycles. The van der Waals surface area contributed by atoms with Crippen LogP contribution >= 0.6 is 11.6 Å². The van der Waals surface area contributed by atoms with Gasteiger partial charge >= 0.3 is 0 Å². The molecule has 0 radical (unpaired) electrons. The van der Waals surface area contributed by atoms with Crippen molar-refractivity contribution in [2.45, 2.75) is 13.1 Å². The second-order valence-corrected chi connectivity index (χ2v) is 5.04. The predicted molar refractivity (Wildman–Crippen MR) is 75.1 cm³/mol. The lowest BCUT2D eigenvalue weighted by Crippen LogP contribution is -2.38. The third-order valence-electron chi connectivity index (χ3n) is 3.44. The summed E-state index contributed by atoms with van der Waals surface area (Å²) in [5.41, 5.74) is -0.119. The summed E-state index contributed by atoms with van der Waals surface area (Å²) in [5.74, 6) is 0.467. The molecule has 3 rings (SSSR count). The van der Waals surface area contributed by atoms with Crippen molar-refractivity contribution >= 4 is 23.2 Å². The first kappa shape index (κ1) is 13.6. The number of carbonyl (C=O) groups excluding carboxylic acids is 1. The highest BCUT2D eigenvalue weighted by molar-refractivity contribution is 6.35. The van der Waals surface area contributed by atoms with E-state index in [1.165, 1.54) is 18.2 Å². The zero-order valence-electron chi connectivity index (χ0n) is 10.9. The molecule has 0 saturated carbocycles. The fourth-order valence-corrected chi connectivity index (χ4v) is 2.62. The van der Waals surface area contributed by atoms with E-state index in [1.54, 1.807) is 11.1 Å². The molecule has 7 nitrogen and oxygen atoms in total. The summed E-state index contributed by atoms with van der Waals surface area (Å²) in [6.45, 7) is 1.53. The maximum Gasteiger partial charge on any atom is 0.288 e. The second-order valence-electron chi connectivity index (χ2n) is 4.66. The summed E-state index contributed by atoms with van der Waals surface area (Å²) in [6, 6.07) is 4.24. The Kier molecular flexibility index (Phi) is 3.34. The number of halogens is 1. The summed E-state index contributed by atoms with van der Waals surface area (Å²) in [6.07, 6.45) is 3.54. The number of hydrogen-bond donors (Lipinski definition) is 0. The van der Waals surface area contributed by atoms with Crippen LogP contribution in [-0.2, 0) is 13.1 Å². The van der Waals surface area contributed by atoms with Gasteiger partial charge in [-0.05, 0) is 6.07 Å². The van der Waals surface area contributed by atoms with Crippen LogP contribution < -0.4 is 0 Å². The molecule has 0 fully saturated rings. The maximum absolute atomic E-state index is 12.5. The molecule has 0 unspecified atom stereocenters. The van der Waals surface area contributed by atoms with Gasteiger partial charge in [0.15, 0.2) is 0 Å². The van der Waals surface area contributed by atoms with Gasteiger partial charge in [-0.3, -0.25) is 14.9 Å². The molecule has 0 spiro atoms. The molecule has 2 aromatic rings. The zero-order chi connectivity index (χ0) is 15.0. The van der Waals surface area contributed by atoms with Crippen molar-refractivity contribution in [3.8, 4) is 0 Å². The van der Waals surface area contributed by atoms with Gasteiger partial charge in [-0.2, -0.15) is 0 Å². The van der Waals surface area contributed by atoms with Crippen LogP contribution in [0.25, 0.3) is 0 Å². The van der Waals surface area contributed by atoms with Gasteiger partial charge in [0.2, 0.25) is 0 Å².